The standard InChI is InChI=1S/C22H20F3N3O3/c23-20-2-1-16(10-19(20)21(24)25)17-9-15(11-26-12-17)13-28-14-18(31-22(28)29)3-4-27-5-7-30-8-6-27/h1-2,9-12,18,21H,5-8,13-14H2/t18-/m0/s1. The van der Waals surface area contributed by atoms with Gasteiger partial charge in [-0.15, -0.1) is 0 Å². The molecule has 3 heterocycles. The zero-order valence-electron chi connectivity index (χ0n) is 16.6. The SMILES string of the molecule is O=C1O[C@@H](C#CN2CCOCC2)CN1Cc1cncc(-c2ccc(F)c(C(F)F)c2)c1. The first-order valence-electron chi connectivity index (χ1n) is 9.81. The Morgan fingerprint density at radius 1 is 1.16 bits per heavy atom. The second-order valence-corrected chi connectivity index (χ2v) is 7.23. The zero-order valence-corrected chi connectivity index (χ0v) is 16.6. The van der Waals surface area contributed by atoms with Crippen molar-refractivity contribution in [3.05, 3.63) is 53.6 Å². The van der Waals surface area contributed by atoms with E-state index in [1.165, 1.54) is 17.2 Å². The van der Waals surface area contributed by atoms with Gasteiger partial charge in [0.05, 0.1) is 31.9 Å². The molecule has 1 amide bonds. The third-order valence-electron chi connectivity index (χ3n) is 5.01. The van der Waals surface area contributed by atoms with Crippen molar-refractivity contribution in [3.63, 3.8) is 0 Å². The Bertz CT molecular complexity index is 1020. The van der Waals surface area contributed by atoms with Crippen molar-refractivity contribution in [1.29, 1.82) is 0 Å². The third kappa shape index (κ3) is 5.09. The summed E-state index contributed by atoms with van der Waals surface area (Å²) in [6, 6.07) is 8.29. The highest BCUT2D eigenvalue weighted by atomic mass is 19.3. The van der Waals surface area contributed by atoms with E-state index in [-0.39, 0.29) is 6.54 Å². The summed E-state index contributed by atoms with van der Waals surface area (Å²) in [7, 11) is 0. The maximum atomic E-state index is 13.6. The Kier molecular flexibility index (Phi) is 6.28. The first-order chi connectivity index (χ1) is 15.0. The van der Waals surface area contributed by atoms with Crippen LogP contribution in [0.15, 0.2) is 36.7 Å². The number of carbonyl (C=O) groups excluding carboxylic acids is 1. The molecule has 1 aromatic carbocycles. The molecule has 0 saturated carbocycles. The van der Waals surface area contributed by atoms with Gasteiger partial charge in [-0.2, -0.15) is 0 Å². The third-order valence-corrected chi connectivity index (χ3v) is 5.01. The van der Waals surface area contributed by atoms with Crippen molar-refractivity contribution in [2.45, 2.75) is 19.1 Å². The Morgan fingerprint density at radius 3 is 2.74 bits per heavy atom. The molecule has 2 aliphatic heterocycles. The fraction of sp³-hybridized carbons (Fsp3) is 0.364. The number of carbonyl (C=O) groups is 1. The number of alkyl halides is 2. The van der Waals surface area contributed by atoms with E-state index in [4.69, 9.17) is 9.47 Å². The highest BCUT2D eigenvalue weighted by Gasteiger charge is 2.30. The van der Waals surface area contributed by atoms with Gasteiger partial charge < -0.3 is 14.4 Å². The summed E-state index contributed by atoms with van der Waals surface area (Å²) < 4.78 is 50.2. The second kappa shape index (κ2) is 9.27. The minimum Gasteiger partial charge on any atom is -0.431 e. The molecular weight excluding hydrogens is 411 g/mol. The Balaban J connectivity index is 1.44. The molecule has 1 aromatic heterocycles. The van der Waals surface area contributed by atoms with E-state index in [1.54, 1.807) is 12.3 Å². The van der Waals surface area contributed by atoms with Gasteiger partial charge in [0.2, 0.25) is 0 Å². The molecule has 0 bridgehead atoms. The van der Waals surface area contributed by atoms with E-state index < -0.39 is 30.0 Å². The molecule has 162 valence electrons. The lowest BCUT2D eigenvalue weighted by Gasteiger charge is -2.22. The van der Waals surface area contributed by atoms with Crippen LogP contribution >= 0.6 is 0 Å². The molecule has 0 unspecified atom stereocenters. The van der Waals surface area contributed by atoms with Crippen molar-refractivity contribution in [1.82, 2.24) is 14.8 Å². The molecule has 6 nitrogen and oxygen atoms in total. The Morgan fingerprint density at radius 2 is 1.97 bits per heavy atom. The van der Waals surface area contributed by atoms with Crippen LogP contribution < -0.4 is 0 Å². The number of benzene rings is 1. The molecule has 31 heavy (non-hydrogen) atoms. The normalized spacial score (nSPS) is 18.7. The Hall–Kier alpha value is -3.25. The lowest BCUT2D eigenvalue weighted by atomic mass is 10.0. The number of pyridine rings is 1. The van der Waals surface area contributed by atoms with Gasteiger partial charge in [-0.1, -0.05) is 6.07 Å². The van der Waals surface area contributed by atoms with Crippen molar-refractivity contribution >= 4 is 6.09 Å². The van der Waals surface area contributed by atoms with Crippen molar-refractivity contribution in [3.8, 4) is 23.1 Å². The maximum absolute atomic E-state index is 13.6. The molecule has 2 aromatic rings. The minimum absolute atomic E-state index is 0.234. The number of amides is 1. The highest BCUT2D eigenvalue weighted by molar-refractivity contribution is 5.71. The van der Waals surface area contributed by atoms with Gasteiger partial charge in [0.25, 0.3) is 6.43 Å². The van der Waals surface area contributed by atoms with E-state index in [0.29, 0.717) is 49.5 Å². The van der Waals surface area contributed by atoms with E-state index in [0.717, 1.165) is 12.1 Å². The van der Waals surface area contributed by atoms with Crippen LogP contribution in [0.2, 0.25) is 0 Å². The van der Waals surface area contributed by atoms with Gasteiger partial charge in [-0.3, -0.25) is 9.88 Å². The number of cyclic esters (lactones) is 1. The lowest BCUT2D eigenvalue weighted by Crippen LogP contribution is -2.32. The average molecular weight is 431 g/mol. The Labute approximate surface area is 177 Å². The van der Waals surface area contributed by atoms with Crippen LogP contribution in [0.4, 0.5) is 18.0 Å². The summed E-state index contributed by atoms with van der Waals surface area (Å²) in [6.45, 7) is 3.23. The quantitative estimate of drug-likeness (QED) is 0.695. The summed E-state index contributed by atoms with van der Waals surface area (Å²) in [4.78, 5) is 19.8. The molecule has 2 aliphatic rings. The van der Waals surface area contributed by atoms with Crippen molar-refractivity contribution in [2.75, 3.05) is 32.8 Å². The van der Waals surface area contributed by atoms with Gasteiger partial charge in [-0.25, -0.2) is 18.0 Å². The van der Waals surface area contributed by atoms with Gasteiger partial charge in [0, 0.05) is 37.1 Å². The van der Waals surface area contributed by atoms with Gasteiger partial charge in [0.1, 0.15) is 5.82 Å². The molecule has 2 fully saturated rings. The van der Waals surface area contributed by atoms with E-state index in [9.17, 15) is 18.0 Å². The largest absolute Gasteiger partial charge is 0.431 e. The van der Waals surface area contributed by atoms with Crippen LogP contribution in [0, 0.1) is 17.8 Å². The summed E-state index contributed by atoms with van der Waals surface area (Å²) in [6.07, 6.45) is -0.831. The number of halogens is 3. The van der Waals surface area contributed by atoms with Crippen LogP contribution in [-0.2, 0) is 16.0 Å². The smallest absolute Gasteiger partial charge is 0.411 e. The van der Waals surface area contributed by atoms with Crippen LogP contribution in [0.3, 0.4) is 0 Å². The molecule has 4 rings (SSSR count). The summed E-state index contributed by atoms with van der Waals surface area (Å²) in [5.74, 6) is 2.02. The van der Waals surface area contributed by atoms with Crippen molar-refractivity contribution < 1.29 is 27.4 Å². The number of ether oxygens (including phenoxy) is 2. The van der Waals surface area contributed by atoms with E-state index in [1.807, 2.05) is 4.90 Å². The molecule has 0 spiro atoms. The van der Waals surface area contributed by atoms with Crippen LogP contribution in [0.1, 0.15) is 17.6 Å². The average Bonchev–Trinajstić information content (AvgIpc) is 3.12. The number of aromatic nitrogens is 1. The van der Waals surface area contributed by atoms with E-state index in [2.05, 4.69) is 16.9 Å². The van der Waals surface area contributed by atoms with Gasteiger partial charge in [-0.05, 0) is 35.2 Å². The fourth-order valence-electron chi connectivity index (χ4n) is 3.39. The van der Waals surface area contributed by atoms with E-state index >= 15 is 0 Å². The molecular formula is C22H20F3N3O3. The second-order valence-electron chi connectivity index (χ2n) is 7.23. The lowest BCUT2D eigenvalue weighted by molar-refractivity contribution is 0.0635. The molecule has 0 radical (unpaired) electrons. The molecule has 2 saturated heterocycles. The number of morpholine rings is 1. The predicted octanol–water partition coefficient (Wildman–Crippen LogP) is 3.44. The van der Waals surface area contributed by atoms with Crippen LogP contribution in [0.25, 0.3) is 11.1 Å². The van der Waals surface area contributed by atoms with Crippen LogP contribution in [-0.4, -0.2) is 59.8 Å². The predicted molar refractivity (Wildman–Crippen MR) is 105 cm³/mol. The molecule has 1 atom stereocenters. The number of rotatable bonds is 4. The summed E-state index contributed by atoms with van der Waals surface area (Å²) in [5, 5.41) is 0. The van der Waals surface area contributed by atoms with Gasteiger partial charge in [0.15, 0.2) is 6.10 Å². The number of hydrogen-bond donors (Lipinski definition) is 0. The van der Waals surface area contributed by atoms with Crippen LogP contribution in [0.5, 0.6) is 0 Å². The monoisotopic (exact) mass is 431 g/mol. The first kappa shape index (κ1) is 21.0. The number of nitrogens with zero attached hydrogens (tertiary/aromatic N) is 3. The first-order valence-corrected chi connectivity index (χ1v) is 9.81. The summed E-state index contributed by atoms with van der Waals surface area (Å²) in [5.41, 5.74) is 1.01. The molecule has 0 aliphatic carbocycles. The maximum Gasteiger partial charge on any atom is 0.411 e. The minimum atomic E-state index is -2.91. The van der Waals surface area contributed by atoms with Crippen molar-refractivity contribution in [2.24, 2.45) is 0 Å². The number of hydrogen-bond acceptors (Lipinski definition) is 5. The molecule has 0 N–H and O–H groups in total. The summed E-state index contributed by atoms with van der Waals surface area (Å²) >= 11 is 0. The fourth-order valence-corrected chi connectivity index (χ4v) is 3.39. The zero-order chi connectivity index (χ0) is 21.8. The van der Waals surface area contributed by atoms with Gasteiger partial charge >= 0.3 is 6.09 Å². The molecule has 9 heteroatoms. The topological polar surface area (TPSA) is 54.9 Å². The highest BCUT2D eigenvalue weighted by Crippen LogP contribution is 2.28.